The van der Waals surface area contributed by atoms with E-state index in [1.807, 2.05) is 6.07 Å². The lowest BCUT2D eigenvalue weighted by molar-refractivity contribution is -0.0712. The van der Waals surface area contributed by atoms with E-state index >= 15 is 0 Å². The summed E-state index contributed by atoms with van der Waals surface area (Å²) in [6.07, 6.45) is 7.43. The van der Waals surface area contributed by atoms with Crippen LogP contribution in [-0.4, -0.2) is 54.0 Å². The maximum absolute atomic E-state index is 13.9. The molecule has 5 heteroatoms. The maximum atomic E-state index is 13.9. The van der Waals surface area contributed by atoms with Crippen LogP contribution in [0.25, 0.3) is 0 Å². The molecule has 1 saturated heterocycles. The molecule has 0 aromatic heterocycles. The van der Waals surface area contributed by atoms with Crippen LogP contribution in [0.3, 0.4) is 0 Å². The summed E-state index contributed by atoms with van der Waals surface area (Å²) >= 11 is 0. The highest BCUT2D eigenvalue weighted by atomic mass is 19.1. The third-order valence-electron chi connectivity index (χ3n) is 7.42. The van der Waals surface area contributed by atoms with Crippen molar-refractivity contribution in [1.82, 2.24) is 15.1 Å². The van der Waals surface area contributed by atoms with Crippen LogP contribution in [0.4, 0.5) is 4.39 Å². The summed E-state index contributed by atoms with van der Waals surface area (Å²) in [4.78, 5) is 4.60. The number of aliphatic hydroxyl groups is 1. The Hall–Kier alpha value is -1.01. The molecule has 0 bridgehead atoms. The molecule has 2 N–H and O–H groups in total. The van der Waals surface area contributed by atoms with Gasteiger partial charge in [-0.15, -0.1) is 0 Å². The molecule has 26 heavy (non-hydrogen) atoms. The van der Waals surface area contributed by atoms with Crippen molar-refractivity contribution in [3.8, 4) is 0 Å². The lowest BCUT2D eigenvalue weighted by Crippen LogP contribution is -2.57. The first-order valence-electron chi connectivity index (χ1n) is 10.1. The zero-order valence-electron chi connectivity index (χ0n) is 16.0. The molecule has 4 nitrogen and oxygen atoms in total. The molecule has 2 saturated carbocycles. The largest absolute Gasteiger partial charge is 0.365 e. The first-order chi connectivity index (χ1) is 12.5. The normalized spacial score (nSPS) is 36.0. The second kappa shape index (κ2) is 6.86. The number of hydrogen-bond acceptors (Lipinski definition) is 4. The molecular weight excluding hydrogens is 329 g/mol. The molecule has 1 aliphatic heterocycles. The average molecular weight is 362 g/mol. The lowest BCUT2D eigenvalue weighted by Gasteiger charge is -2.52. The fraction of sp³-hybridized carbons (Fsp3) is 0.714. The van der Waals surface area contributed by atoms with Crippen molar-refractivity contribution >= 4 is 0 Å². The van der Waals surface area contributed by atoms with Crippen molar-refractivity contribution in [2.24, 2.45) is 5.92 Å². The minimum Gasteiger partial charge on any atom is -0.365 e. The van der Waals surface area contributed by atoms with E-state index in [4.69, 9.17) is 0 Å². The summed E-state index contributed by atoms with van der Waals surface area (Å²) in [5.74, 6) is 0.582. The molecule has 3 aliphatic rings. The summed E-state index contributed by atoms with van der Waals surface area (Å²) in [6.45, 7) is 1.86. The Balaban J connectivity index is 1.55. The van der Waals surface area contributed by atoms with Gasteiger partial charge in [-0.1, -0.05) is 18.6 Å². The second-order valence-corrected chi connectivity index (χ2v) is 8.86. The van der Waals surface area contributed by atoms with Gasteiger partial charge in [0.2, 0.25) is 0 Å². The van der Waals surface area contributed by atoms with Gasteiger partial charge in [0.1, 0.15) is 5.82 Å². The monoisotopic (exact) mass is 361 g/mol. The lowest BCUT2D eigenvalue weighted by atomic mass is 9.68. The van der Waals surface area contributed by atoms with Crippen molar-refractivity contribution in [2.45, 2.75) is 62.4 Å². The van der Waals surface area contributed by atoms with Gasteiger partial charge in [-0.3, -0.25) is 15.1 Å². The molecule has 1 heterocycles. The fourth-order valence-corrected chi connectivity index (χ4v) is 5.36. The molecule has 1 aromatic rings. The van der Waals surface area contributed by atoms with Crippen LogP contribution in [0.15, 0.2) is 24.3 Å². The van der Waals surface area contributed by atoms with Gasteiger partial charge in [0.15, 0.2) is 6.35 Å². The molecule has 4 rings (SSSR count). The number of halogens is 1. The van der Waals surface area contributed by atoms with Crippen LogP contribution in [0.1, 0.15) is 50.5 Å². The Morgan fingerprint density at radius 3 is 2.54 bits per heavy atom. The summed E-state index contributed by atoms with van der Waals surface area (Å²) in [5.41, 5.74) is 1.000. The molecular formula is C21H32FN3O. The summed E-state index contributed by atoms with van der Waals surface area (Å²) in [7, 11) is 4.22. The summed E-state index contributed by atoms with van der Waals surface area (Å²) in [6, 6.07) is 7.11. The van der Waals surface area contributed by atoms with Gasteiger partial charge >= 0.3 is 0 Å². The molecule has 144 valence electrons. The van der Waals surface area contributed by atoms with Crippen molar-refractivity contribution in [2.75, 3.05) is 27.2 Å². The van der Waals surface area contributed by atoms with Gasteiger partial charge in [0.05, 0.1) is 0 Å². The predicted octanol–water partition coefficient (Wildman–Crippen LogP) is 2.88. The number of nitrogens with one attached hydrogen (secondary N) is 1. The van der Waals surface area contributed by atoms with E-state index in [-0.39, 0.29) is 16.9 Å². The summed E-state index contributed by atoms with van der Waals surface area (Å²) in [5, 5.41) is 13.8. The minimum atomic E-state index is -0.517. The van der Waals surface area contributed by atoms with Crippen LogP contribution in [-0.2, 0) is 5.54 Å². The number of benzene rings is 1. The molecule has 1 unspecified atom stereocenters. The molecule has 0 amide bonds. The maximum Gasteiger partial charge on any atom is 0.163 e. The number of nitrogens with zero attached hydrogens (tertiary/aromatic N) is 2. The van der Waals surface area contributed by atoms with Gasteiger partial charge in [-0.25, -0.2) is 4.39 Å². The molecule has 1 atom stereocenters. The Morgan fingerprint density at radius 1 is 1.23 bits per heavy atom. The zero-order chi connectivity index (χ0) is 18.4. The van der Waals surface area contributed by atoms with Gasteiger partial charge in [0, 0.05) is 24.2 Å². The Morgan fingerprint density at radius 2 is 1.96 bits per heavy atom. The quantitative estimate of drug-likeness (QED) is 0.865. The van der Waals surface area contributed by atoms with Gasteiger partial charge in [0.25, 0.3) is 0 Å². The molecule has 1 aromatic carbocycles. The van der Waals surface area contributed by atoms with E-state index in [0.29, 0.717) is 0 Å². The number of hydrogen-bond donors (Lipinski definition) is 2. The fourth-order valence-electron chi connectivity index (χ4n) is 5.36. The number of aliphatic hydroxyl groups excluding tert-OH is 1. The van der Waals surface area contributed by atoms with E-state index in [2.05, 4.69) is 35.3 Å². The smallest absolute Gasteiger partial charge is 0.163 e. The topological polar surface area (TPSA) is 38.7 Å². The molecule has 2 aliphatic carbocycles. The molecule has 3 fully saturated rings. The van der Waals surface area contributed by atoms with E-state index in [0.717, 1.165) is 50.3 Å². The first-order valence-corrected chi connectivity index (χ1v) is 10.1. The molecule has 1 spiro atoms. The highest BCUT2D eigenvalue weighted by molar-refractivity contribution is 5.27. The van der Waals surface area contributed by atoms with Crippen molar-refractivity contribution in [1.29, 1.82) is 0 Å². The van der Waals surface area contributed by atoms with Crippen LogP contribution in [0, 0.1) is 11.7 Å². The van der Waals surface area contributed by atoms with Crippen molar-refractivity contribution in [3.63, 3.8) is 0 Å². The van der Waals surface area contributed by atoms with Crippen LogP contribution in [0.5, 0.6) is 0 Å². The Labute approximate surface area is 156 Å². The predicted molar refractivity (Wildman–Crippen MR) is 101 cm³/mol. The number of rotatable bonds is 4. The van der Waals surface area contributed by atoms with E-state index < -0.39 is 6.35 Å². The van der Waals surface area contributed by atoms with E-state index in [9.17, 15) is 9.50 Å². The zero-order valence-corrected chi connectivity index (χ0v) is 16.0. The third-order valence-corrected chi connectivity index (χ3v) is 7.42. The standard InChI is InChI=1S/C21H32FN3O/c1-24(2)21(17-7-4-8-18(22)13-17)11-9-20(10-12-21)15-23-19(26)25(20)14-16-5-3-6-16/h4,7-8,13,16,19,23,26H,3,5-6,9-12,14-15H2,1-2H3/t19?,20-,21+. The van der Waals surface area contributed by atoms with Gasteiger partial charge in [-0.05, 0) is 76.2 Å². The van der Waals surface area contributed by atoms with Gasteiger partial charge < -0.3 is 5.11 Å². The molecule has 0 radical (unpaired) electrons. The minimum absolute atomic E-state index is 0.0435. The van der Waals surface area contributed by atoms with Crippen LogP contribution in [0.2, 0.25) is 0 Å². The SMILES string of the molecule is CN(C)[C@]1(c2cccc(F)c2)CC[C@]2(CC1)CNC(O)N2CC1CCC1. The summed E-state index contributed by atoms with van der Waals surface area (Å²) < 4.78 is 13.9. The second-order valence-electron chi connectivity index (χ2n) is 8.86. The highest BCUT2D eigenvalue weighted by Gasteiger charge is 2.52. The third kappa shape index (κ3) is 2.99. The van der Waals surface area contributed by atoms with Crippen molar-refractivity contribution in [3.05, 3.63) is 35.6 Å². The van der Waals surface area contributed by atoms with E-state index in [1.165, 1.54) is 25.3 Å². The van der Waals surface area contributed by atoms with E-state index in [1.54, 1.807) is 6.07 Å². The Bertz CT molecular complexity index is 638. The average Bonchev–Trinajstić information content (AvgIpc) is 2.88. The first kappa shape index (κ1) is 18.4. The van der Waals surface area contributed by atoms with Crippen LogP contribution < -0.4 is 5.32 Å². The Kier molecular flexibility index (Phi) is 4.84. The highest BCUT2D eigenvalue weighted by Crippen LogP contribution is 2.48. The van der Waals surface area contributed by atoms with Gasteiger partial charge in [-0.2, -0.15) is 0 Å². The van der Waals surface area contributed by atoms with Crippen molar-refractivity contribution < 1.29 is 9.50 Å². The van der Waals surface area contributed by atoms with Crippen LogP contribution >= 0.6 is 0 Å².